The Morgan fingerprint density at radius 3 is 2.72 bits per heavy atom. The minimum atomic E-state index is -1.31. The van der Waals surface area contributed by atoms with E-state index in [0.717, 1.165) is 42.6 Å². The van der Waals surface area contributed by atoms with Crippen molar-refractivity contribution >= 4 is 34.3 Å². The summed E-state index contributed by atoms with van der Waals surface area (Å²) in [6.07, 6.45) is 5.58. The maximum absolute atomic E-state index is 15.3. The number of carboxylic acids is 1. The number of aromatic nitrogens is 3. The van der Waals surface area contributed by atoms with Crippen molar-refractivity contribution < 1.29 is 14.3 Å². The van der Waals surface area contributed by atoms with Crippen molar-refractivity contribution in [3.8, 4) is 11.1 Å². The molecule has 0 unspecified atom stereocenters. The quantitative estimate of drug-likeness (QED) is 0.390. The van der Waals surface area contributed by atoms with Crippen LogP contribution in [0.5, 0.6) is 0 Å². The molecule has 1 fully saturated rings. The molecule has 1 aliphatic heterocycles. The number of nitrogen functional groups attached to an aromatic ring is 2. The summed E-state index contributed by atoms with van der Waals surface area (Å²) in [5, 5.41) is 9.54. The topological polar surface area (TPSA) is 140 Å². The summed E-state index contributed by atoms with van der Waals surface area (Å²) in [6.45, 7) is 1.30. The standard InChI is InChI=1S/C26H23FN6O3/c27-20-8-18-22(33(16-2-3-16)12-19(23(18)34)25(35)36)9-17(20)13-1-4-21-14(7-13)5-6-32(21)11-15-10-30-26(29)31-24(15)28/h1,4,7-10,12,16H,2-3,5-6,11H2,(H,35,36)(H4,28,29,30,31). The number of nitrogens with zero attached hydrogens (tertiary/aromatic N) is 4. The zero-order valence-electron chi connectivity index (χ0n) is 19.2. The summed E-state index contributed by atoms with van der Waals surface area (Å²) >= 11 is 0. The Morgan fingerprint density at radius 2 is 2.00 bits per heavy atom. The number of pyridine rings is 1. The second-order valence-electron chi connectivity index (χ2n) is 9.32. The summed E-state index contributed by atoms with van der Waals surface area (Å²) in [5.41, 5.74) is 15.1. The molecule has 4 aromatic rings. The molecule has 0 atom stereocenters. The van der Waals surface area contributed by atoms with Gasteiger partial charge in [-0.2, -0.15) is 4.98 Å². The van der Waals surface area contributed by atoms with Crippen LogP contribution in [0.1, 0.15) is 40.4 Å². The highest BCUT2D eigenvalue weighted by atomic mass is 19.1. The zero-order valence-corrected chi connectivity index (χ0v) is 19.2. The van der Waals surface area contributed by atoms with Crippen LogP contribution in [-0.2, 0) is 13.0 Å². The van der Waals surface area contributed by atoms with Crippen molar-refractivity contribution in [3.63, 3.8) is 0 Å². The van der Waals surface area contributed by atoms with E-state index in [-0.39, 0.29) is 22.9 Å². The summed E-state index contributed by atoms with van der Waals surface area (Å²) in [7, 11) is 0. The molecule has 2 aliphatic rings. The molecule has 0 saturated heterocycles. The SMILES string of the molecule is Nc1ncc(CN2CCc3cc(-c4cc5c(cc4F)c(=O)c(C(=O)O)cn5C4CC4)ccc32)c(N)n1. The third kappa shape index (κ3) is 3.62. The normalized spacial score (nSPS) is 14.9. The van der Waals surface area contributed by atoms with Crippen LogP contribution in [0.4, 0.5) is 21.8 Å². The predicted molar refractivity (Wildman–Crippen MR) is 134 cm³/mol. The average Bonchev–Trinajstić information content (AvgIpc) is 3.61. The Hall–Kier alpha value is -4.47. The van der Waals surface area contributed by atoms with Crippen LogP contribution < -0.4 is 21.8 Å². The number of aromatic carboxylic acids is 1. The van der Waals surface area contributed by atoms with Gasteiger partial charge in [0.2, 0.25) is 11.4 Å². The van der Waals surface area contributed by atoms with Crippen molar-refractivity contribution in [1.82, 2.24) is 14.5 Å². The van der Waals surface area contributed by atoms with E-state index in [0.29, 0.717) is 29.0 Å². The van der Waals surface area contributed by atoms with E-state index in [1.807, 2.05) is 18.2 Å². The van der Waals surface area contributed by atoms with Crippen LogP contribution in [0, 0.1) is 5.82 Å². The average molecular weight is 487 g/mol. The number of carbonyl (C=O) groups is 1. The number of fused-ring (bicyclic) bond motifs is 2. The summed E-state index contributed by atoms with van der Waals surface area (Å²) < 4.78 is 17.1. The molecule has 6 rings (SSSR count). The summed E-state index contributed by atoms with van der Waals surface area (Å²) in [6, 6.07) is 8.72. The number of anilines is 3. The van der Waals surface area contributed by atoms with Gasteiger partial charge in [0, 0.05) is 53.7 Å². The highest BCUT2D eigenvalue weighted by Gasteiger charge is 2.28. The molecular weight excluding hydrogens is 463 g/mol. The first-order chi connectivity index (χ1) is 17.3. The second-order valence-corrected chi connectivity index (χ2v) is 9.32. The first kappa shape index (κ1) is 22.0. The van der Waals surface area contributed by atoms with Gasteiger partial charge in [-0.15, -0.1) is 0 Å². The van der Waals surface area contributed by atoms with Gasteiger partial charge in [-0.25, -0.2) is 14.2 Å². The monoisotopic (exact) mass is 486 g/mol. The molecule has 10 heteroatoms. The van der Waals surface area contributed by atoms with Crippen LogP contribution in [0.2, 0.25) is 0 Å². The highest BCUT2D eigenvalue weighted by Crippen LogP contribution is 2.39. The molecule has 3 heterocycles. The molecule has 0 bridgehead atoms. The molecule has 2 aromatic heterocycles. The van der Waals surface area contributed by atoms with E-state index < -0.39 is 17.2 Å². The van der Waals surface area contributed by atoms with Crippen LogP contribution in [0.25, 0.3) is 22.0 Å². The molecule has 1 aliphatic carbocycles. The second kappa shape index (κ2) is 8.04. The van der Waals surface area contributed by atoms with Gasteiger partial charge in [0.05, 0.1) is 5.52 Å². The molecule has 1 saturated carbocycles. The smallest absolute Gasteiger partial charge is 0.341 e. The third-order valence-corrected chi connectivity index (χ3v) is 6.95. The van der Waals surface area contributed by atoms with Gasteiger partial charge in [0.15, 0.2) is 0 Å². The Kier molecular flexibility index (Phi) is 4.92. The minimum Gasteiger partial charge on any atom is -0.477 e. The van der Waals surface area contributed by atoms with E-state index in [2.05, 4.69) is 14.9 Å². The van der Waals surface area contributed by atoms with Gasteiger partial charge in [-0.1, -0.05) is 6.07 Å². The van der Waals surface area contributed by atoms with Crippen molar-refractivity contribution in [1.29, 1.82) is 0 Å². The molecule has 182 valence electrons. The molecular formula is C26H23FN6O3. The molecule has 0 radical (unpaired) electrons. The minimum absolute atomic E-state index is 0.0821. The summed E-state index contributed by atoms with van der Waals surface area (Å²) in [4.78, 5) is 34.6. The number of benzene rings is 2. The fourth-order valence-electron chi connectivity index (χ4n) is 4.96. The van der Waals surface area contributed by atoms with Gasteiger partial charge in [-0.05, 0) is 54.7 Å². The van der Waals surface area contributed by atoms with Crippen molar-refractivity contribution in [2.24, 2.45) is 0 Å². The molecule has 0 spiro atoms. The molecule has 5 N–H and O–H groups in total. The van der Waals surface area contributed by atoms with Crippen LogP contribution in [-0.4, -0.2) is 32.2 Å². The molecule has 0 amide bonds. The van der Waals surface area contributed by atoms with Gasteiger partial charge in [0.25, 0.3) is 0 Å². The third-order valence-electron chi connectivity index (χ3n) is 6.95. The van der Waals surface area contributed by atoms with Crippen molar-refractivity contribution in [3.05, 3.63) is 75.5 Å². The molecule has 36 heavy (non-hydrogen) atoms. The number of hydrogen-bond donors (Lipinski definition) is 3. The van der Waals surface area contributed by atoms with Gasteiger partial charge < -0.3 is 26.0 Å². The van der Waals surface area contributed by atoms with Gasteiger partial charge in [0.1, 0.15) is 17.2 Å². The highest BCUT2D eigenvalue weighted by molar-refractivity contribution is 5.94. The first-order valence-electron chi connectivity index (χ1n) is 11.7. The zero-order chi connectivity index (χ0) is 25.1. The molecule has 2 aromatic carbocycles. The van der Waals surface area contributed by atoms with Gasteiger partial charge in [-0.3, -0.25) is 4.79 Å². The molecule has 9 nitrogen and oxygen atoms in total. The maximum atomic E-state index is 15.3. The van der Waals surface area contributed by atoms with E-state index in [9.17, 15) is 14.7 Å². The number of rotatable bonds is 5. The Balaban J connectivity index is 1.39. The van der Waals surface area contributed by atoms with Gasteiger partial charge >= 0.3 is 5.97 Å². The lowest BCUT2D eigenvalue weighted by Crippen LogP contribution is -2.21. The fourth-order valence-corrected chi connectivity index (χ4v) is 4.96. The van der Waals surface area contributed by atoms with Crippen molar-refractivity contribution in [2.45, 2.75) is 31.8 Å². The number of hydrogen-bond acceptors (Lipinski definition) is 7. The van der Waals surface area contributed by atoms with E-state index in [1.165, 1.54) is 12.3 Å². The largest absolute Gasteiger partial charge is 0.477 e. The van der Waals surface area contributed by atoms with E-state index >= 15 is 4.39 Å². The Morgan fingerprint density at radius 1 is 1.19 bits per heavy atom. The van der Waals surface area contributed by atoms with Crippen LogP contribution in [0.3, 0.4) is 0 Å². The Labute approximate surface area is 204 Å². The van der Waals surface area contributed by atoms with Crippen LogP contribution in [0.15, 0.2) is 47.5 Å². The number of carboxylic acid groups (broad SMARTS) is 1. The lowest BCUT2D eigenvalue weighted by Gasteiger charge is -2.20. The number of halogens is 1. The van der Waals surface area contributed by atoms with E-state index in [1.54, 1.807) is 16.8 Å². The maximum Gasteiger partial charge on any atom is 0.341 e. The lowest BCUT2D eigenvalue weighted by atomic mass is 9.99. The fraction of sp³-hybridized carbons (Fsp3) is 0.231. The van der Waals surface area contributed by atoms with Crippen LogP contribution >= 0.6 is 0 Å². The Bertz CT molecular complexity index is 1630. The lowest BCUT2D eigenvalue weighted by molar-refractivity contribution is 0.0695. The van der Waals surface area contributed by atoms with Crippen molar-refractivity contribution in [2.75, 3.05) is 22.9 Å². The number of nitrogens with two attached hydrogens (primary N) is 2. The first-order valence-corrected chi connectivity index (χ1v) is 11.7. The summed E-state index contributed by atoms with van der Waals surface area (Å²) in [5.74, 6) is -1.40. The predicted octanol–water partition coefficient (Wildman–Crippen LogP) is 3.36. The van der Waals surface area contributed by atoms with E-state index in [4.69, 9.17) is 11.5 Å².